The van der Waals surface area contributed by atoms with Gasteiger partial charge in [-0.1, -0.05) is 0 Å². The van der Waals surface area contributed by atoms with Crippen molar-refractivity contribution in [2.75, 3.05) is 18.4 Å². The van der Waals surface area contributed by atoms with Gasteiger partial charge in [-0.3, -0.25) is 14.6 Å². The van der Waals surface area contributed by atoms with Gasteiger partial charge >= 0.3 is 0 Å². The lowest BCUT2D eigenvalue weighted by molar-refractivity contribution is -0.128. The summed E-state index contributed by atoms with van der Waals surface area (Å²) in [5.74, 6) is -0.287. The van der Waals surface area contributed by atoms with E-state index >= 15 is 0 Å². The molecule has 2 heterocycles. The van der Waals surface area contributed by atoms with Gasteiger partial charge in [0.1, 0.15) is 0 Å². The zero-order valence-corrected chi connectivity index (χ0v) is 11.6. The van der Waals surface area contributed by atoms with Gasteiger partial charge in [0.2, 0.25) is 11.8 Å². The molecule has 3 N–H and O–H groups in total. The topological polar surface area (TPSA) is 83.1 Å². The standard InChI is InChI=1S/C14H20N4O2/c1-10-7-11(4-6-16-10)14(20)17-9-13(19)18-12-3-2-5-15-8-12/h2-3,5,8,10-11,16H,4,6-7,9H2,1H3,(H,17,20)(H,18,19)/t10-,11-/m0/s1. The Morgan fingerprint density at radius 3 is 3.05 bits per heavy atom. The van der Waals surface area contributed by atoms with E-state index in [9.17, 15) is 9.59 Å². The second kappa shape index (κ2) is 7.00. The predicted molar refractivity (Wildman–Crippen MR) is 76.1 cm³/mol. The summed E-state index contributed by atoms with van der Waals surface area (Å²) in [5.41, 5.74) is 0.627. The molecule has 2 rings (SSSR count). The normalized spacial score (nSPS) is 22.1. The van der Waals surface area contributed by atoms with E-state index in [0.29, 0.717) is 11.7 Å². The molecule has 1 aliphatic rings. The number of anilines is 1. The molecule has 0 radical (unpaired) electrons. The van der Waals surface area contributed by atoms with Crippen molar-refractivity contribution in [3.8, 4) is 0 Å². The Labute approximate surface area is 118 Å². The number of carbonyl (C=O) groups excluding carboxylic acids is 2. The van der Waals surface area contributed by atoms with Crippen molar-refractivity contribution in [3.05, 3.63) is 24.5 Å². The highest BCUT2D eigenvalue weighted by atomic mass is 16.2. The number of nitrogens with one attached hydrogen (secondary N) is 3. The van der Waals surface area contributed by atoms with Crippen LogP contribution in [0.2, 0.25) is 0 Å². The second-order valence-electron chi connectivity index (χ2n) is 5.08. The van der Waals surface area contributed by atoms with E-state index in [-0.39, 0.29) is 24.3 Å². The maximum absolute atomic E-state index is 12.0. The average molecular weight is 276 g/mol. The number of amides is 2. The summed E-state index contributed by atoms with van der Waals surface area (Å²) in [6, 6.07) is 3.84. The van der Waals surface area contributed by atoms with Gasteiger partial charge in [-0.25, -0.2) is 0 Å². The Balaban J connectivity index is 1.74. The molecule has 1 fully saturated rings. The molecule has 0 saturated carbocycles. The molecule has 0 aromatic carbocycles. The van der Waals surface area contributed by atoms with Gasteiger partial charge in [-0.2, -0.15) is 0 Å². The van der Waals surface area contributed by atoms with Crippen LogP contribution in [0.5, 0.6) is 0 Å². The third-order valence-corrected chi connectivity index (χ3v) is 3.36. The summed E-state index contributed by atoms with van der Waals surface area (Å²) in [4.78, 5) is 27.6. The van der Waals surface area contributed by atoms with Crippen LogP contribution in [-0.4, -0.2) is 35.9 Å². The van der Waals surface area contributed by atoms with Crippen LogP contribution in [0.25, 0.3) is 0 Å². The van der Waals surface area contributed by atoms with Gasteiger partial charge in [0.15, 0.2) is 0 Å². The quantitative estimate of drug-likeness (QED) is 0.749. The lowest BCUT2D eigenvalue weighted by Gasteiger charge is -2.26. The van der Waals surface area contributed by atoms with Crippen LogP contribution in [0.15, 0.2) is 24.5 Å². The van der Waals surface area contributed by atoms with Crippen molar-refractivity contribution in [1.82, 2.24) is 15.6 Å². The number of hydrogen-bond acceptors (Lipinski definition) is 4. The first kappa shape index (κ1) is 14.5. The molecule has 0 aliphatic carbocycles. The molecule has 0 spiro atoms. The molecule has 6 heteroatoms. The third kappa shape index (κ3) is 4.31. The maximum Gasteiger partial charge on any atom is 0.243 e. The summed E-state index contributed by atoms with van der Waals surface area (Å²) < 4.78 is 0. The first-order valence-electron chi connectivity index (χ1n) is 6.86. The van der Waals surface area contributed by atoms with Crippen molar-refractivity contribution in [1.29, 1.82) is 0 Å². The van der Waals surface area contributed by atoms with E-state index in [0.717, 1.165) is 19.4 Å². The number of hydrogen-bond donors (Lipinski definition) is 3. The SMILES string of the molecule is C[C@H]1C[C@@H](C(=O)NCC(=O)Nc2cccnc2)CCN1. The number of aromatic nitrogens is 1. The minimum absolute atomic E-state index is 0.00237. The molecule has 0 unspecified atom stereocenters. The third-order valence-electron chi connectivity index (χ3n) is 3.36. The van der Waals surface area contributed by atoms with E-state index in [4.69, 9.17) is 0 Å². The van der Waals surface area contributed by atoms with Gasteiger partial charge in [0.05, 0.1) is 18.4 Å². The largest absolute Gasteiger partial charge is 0.347 e. The highest BCUT2D eigenvalue weighted by molar-refractivity contribution is 5.94. The second-order valence-corrected chi connectivity index (χ2v) is 5.08. The highest BCUT2D eigenvalue weighted by Crippen LogP contribution is 2.15. The number of rotatable bonds is 4. The van der Waals surface area contributed by atoms with Gasteiger partial charge in [-0.15, -0.1) is 0 Å². The van der Waals surface area contributed by atoms with Crippen LogP contribution >= 0.6 is 0 Å². The minimum atomic E-state index is -0.242. The molecule has 2 atom stereocenters. The number of pyridine rings is 1. The van der Waals surface area contributed by atoms with Crippen LogP contribution in [0, 0.1) is 5.92 Å². The smallest absolute Gasteiger partial charge is 0.243 e. The van der Waals surface area contributed by atoms with Crippen LogP contribution in [-0.2, 0) is 9.59 Å². The first-order chi connectivity index (χ1) is 9.65. The lowest BCUT2D eigenvalue weighted by Crippen LogP contribution is -2.44. The Hall–Kier alpha value is -1.95. The van der Waals surface area contributed by atoms with Crippen molar-refractivity contribution in [2.45, 2.75) is 25.8 Å². The summed E-state index contributed by atoms with van der Waals surface area (Å²) in [7, 11) is 0. The molecule has 2 amide bonds. The molecular weight excluding hydrogens is 256 g/mol. The van der Waals surface area contributed by atoms with Crippen molar-refractivity contribution in [2.24, 2.45) is 5.92 Å². The van der Waals surface area contributed by atoms with Crippen LogP contribution in [0.4, 0.5) is 5.69 Å². The number of carbonyl (C=O) groups is 2. The summed E-state index contributed by atoms with van der Waals surface area (Å²) in [6.45, 7) is 2.90. The summed E-state index contributed by atoms with van der Waals surface area (Å²) in [6.07, 6.45) is 4.83. The summed E-state index contributed by atoms with van der Waals surface area (Å²) >= 11 is 0. The van der Waals surface area contributed by atoms with E-state index in [1.165, 1.54) is 0 Å². The molecule has 1 saturated heterocycles. The van der Waals surface area contributed by atoms with Gasteiger partial charge < -0.3 is 16.0 Å². The van der Waals surface area contributed by atoms with Crippen LogP contribution in [0.1, 0.15) is 19.8 Å². The van der Waals surface area contributed by atoms with Gasteiger partial charge in [0, 0.05) is 18.2 Å². The van der Waals surface area contributed by atoms with Crippen LogP contribution in [0.3, 0.4) is 0 Å². The fourth-order valence-corrected chi connectivity index (χ4v) is 2.32. The fraction of sp³-hybridized carbons (Fsp3) is 0.500. The minimum Gasteiger partial charge on any atom is -0.347 e. The average Bonchev–Trinajstić information content (AvgIpc) is 2.46. The van der Waals surface area contributed by atoms with Crippen molar-refractivity contribution < 1.29 is 9.59 Å². The number of piperidine rings is 1. The Morgan fingerprint density at radius 1 is 1.50 bits per heavy atom. The Bertz CT molecular complexity index is 464. The molecule has 20 heavy (non-hydrogen) atoms. The lowest BCUT2D eigenvalue weighted by atomic mass is 9.92. The van der Waals surface area contributed by atoms with Crippen molar-refractivity contribution in [3.63, 3.8) is 0 Å². The molecule has 1 aliphatic heterocycles. The van der Waals surface area contributed by atoms with E-state index in [2.05, 4.69) is 27.9 Å². The fourth-order valence-electron chi connectivity index (χ4n) is 2.32. The van der Waals surface area contributed by atoms with E-state index in [1.807, 2.05) is 0 Å². The van der Waals surface area contributed by atoms with Gasteiger partial charge in [0.25, 0.3) is 0 Å². The predicted octanol–water partition coefficient (Wildman–Crippen LogP) is 0.524. The molecule has 108 valence electrons. The molecule has 1 aromatic rings. The monoisotopic (exact) mass is 276 g/mol. The Morgan fingerprint density at radius 2 is 2.35 bits per heavy atom. The zero-order chi connectivity index (χ0) is 14.4. The Kier molecular flexibility index (Phi) is 5.06. The summed E-state index contributed by atoms with van der Waals surface area (Å²) in [5, 5.41) is 8.67. The molecule has 1 aromatic heterocycles. The molecule has 0 bridgehead atoms. The van der Waals surface area contributed by atoms with Crippen molar-refractivity contribution >= 4 is 17.5 Å². The van der Waals surface area contributed by atoms with Gasteiger partial charge in [-0.05, 0) is 38.4 Å². The van der Waals surface area contributed by atoms with Crippen LogP contribution < -0.4 is 16.0 Å². The molecular formula is C14H20N4O2. The van der Waals surface area contributed by atoms with E-state index < -0.39 is 0 Å². The highest BCUT2D eigenvalue weighted by Gasteiger charge is 2.24. The zero-order valence-electron chi connectivity index (χ0n) is 11.6. The first-order valence-corrected chi connectivity index (χ1v) is 6.86. The number of nitrogens with zero attached hydrogens (tertiary/aromatic N) is 1. The maximum atomic E-state index is 12.0. The molecule has 6 nitrogen and oxygen atoms in total. The van der Waals surface area contributed by atoms with E-state index in [1.54, 1.807) is 24.5 Å².